The molecule has 0 aliphatic heterocycles. The lowest BCUT2D eigenvalue weighted by molar-refractivity contribution is 0.0984. The quantitative estimate of drug-likeness (QED) is 0.769. The van der Waals surface area contributed by atoms with Crippen molar-refractivity contribution in [2.45, 2.75) is 6.85 Å². The number of pyridine rings is 1. The highest BCUT2D eigenvalue weighted by molar-refractivity contribution is 6.36. The fourth-order valence-electron chi connectivity index (χ4n) is 2.31. The normalized spacial score (nSPS) is 18.8. The third kappa shape index (κ3) is 2.76. The van der Waals surface area contributed by atoms with E-state index in [2.05, 4.69) is 0 Å². The standard InChI is InChI=1S/C19H17ClN2O3/c1-3-22(12-8-5-4-6-9-12)19(25)16-17(23)15-13(20)10-7-11-14(15)21(2)18(16)24/h4-11,23H,3H2,1-2H3/i1D3,2D3,3D2,7D,10D,11D. The van der Waals surface area contributed by atoms with Crippen LogP contribution >= 0.6 is 11.6 Å². The average Bonchev–Trinajstić information content (AvgIpc) is 2.74. The smallest absolute Gasteiger partial charge is 0.267 e. The number of amides is 1. The second-order valence-corrected chi connectivity index (χ2v) is 5.24. The number of para-hydroxylation sites is 1. The minimum Gasteiger partial charge on any atom is -0.506 e. The summed E-state index contributed by atoms with van der Waals surface area (Å²) in [5.41, 5.74) is -4.26. The average molecular weight is 368 g/mol. The van der Waals surface area contributed by atoms with Crippen molar-refractivity contribution in [2.24, 2.45) is 6.98 Å². The molecule has 1 amide bonds. The van der Waals surface area contributed by atoms with Gasteiger partial charge in [0.15, 0.2) is 0 Å². The summed E-state index contributed by atoms with van der Waals surface area (Å²) in [6.45, 7) is -10.3. The van der Waals surface area contributed by atoms with Crippen molar-refractivity contribution < 1.29 is 25.0 Å². The number of halogens is 1. The number of hydrogen-bond donors (Lipinski definition) is 1. The molecular weight excluding hydrogens is 340 g/mol. The van der Waals surface area contributed by atoms with Gasteiger partial charge in [-0.1, -0.05) is 35.8 Å². The van der Waals surface area contributed by atoms with Gasteiger partial charge in [-0.25, -0.2) is 0 Å². The highest BCUT2D eigenvalue weighted by atomic mass is 35.5. The molecular formula is C19H17ClN2O3. The summed E-state index contributed by atoms with van der Waals surface area (Å²) in [4.78, 5) is 27.1. The van der Waals surface area contributed by atoms with Gasteiger partial charge in [-0.15, -0.1) is 0 Å². The van der Waals surface area contributed by atoms with Gasteiger partial charge in [0, 0.05) is 30.1 Å². The number of aromatic nitrogens is 1. The number of carbonyl (C=O) groups excluding carboxylic acids is 1. The van der Waals surface area contributed by atoms with E-state index in [0.717, 1.165) is 12.1 Å². The first-order chi connectivity index (χ1) is 16.4. The Kier molecular flexibility index (Phi) is 2.13. The molecule has 0 spiro atoms. The number of nitrogens with zero attached hydrogens (tertiary/aromatic N) is 2. The maximum absolute atomic E-state index is 13.7. The number of aromatic hydroxyl groups is 1. The summed E-state index contributed by atoms with van der Waals surface area (Å²) in [6, 6.07) is 3.88. The number of carbonyl (C=O) groups is 1. The van der Waals surface area contributed by atoms with Crippen molar-refractivity contribution >= 4 is 34.1 Å². The molecule has 1 aromatic heterocycles. The van der Waals surface area contributed by atoms with Crippen LogP contribution in [0.5, 0.6) is 5.75 Å². The van der Waals surface area contributed by atoms with Gasteiger partial charge in [-0.2, -0.15) is 0 Å². The Morgan fingerprint density at radius 1 is 1.40 bits per heavy atom. The maximum Gasteiger partial charge on any atom is 0.267 e. The maximum atomic E-state index is 13.7. The highest BCUT2D eigenvalue weighted by Crippen LogP contribution is 2.33. The van der Waals surface area contributed by atoms with Crippen LogP contribution in [0.15, 0.2) is 53.3 Å². The molecule has 0 radical (unpaired) electrons. The summed E-state index contributed by atoms with van der Waals surface area (Å²) in [6.07, 6.45) is 0. The van der Waals surface area contributed by atoms with E-state index in [1.807, 2.05) is 0 Å². The van der Waals surface area contributed by atoms with E-state index in [9.17, 15) is 14.7 Å². The van der Waals surface area contributed by atoms with Crippen molar-refractivity contribution in [1.82, 2.24) is 4.57 Å². The number of fused-ring (bicyclic) bond motifs is 1. The molecule has 25 heavy (non-hydrogen) atoms. The molecule has 0 aliphatic carbocycles. The topological polar surface area (TPSA) is 62.5 Å². The van der Waals surface area contributed by atoms with Crippen LogP contribution in [0.1, 0.15) is 32.3 Å². The second kappa shape index (κ2) is 6.61. The van der Waals surface area contributed by atoms with Gasteiger partial charge in [0.05, 0.1) is 20.0 Å². The summed E-state index contributed by atoms with van der Waals surface area (Å²) in [5.74, 6) is -3.01. The van der Waals surface area contributed by atoms with Gasteiger partial charge >= 0.3 is 0 Å². The van der Waals surface area contributed by atoms with E-state index in [-0.39, 0.29) is 15.2 Å². The largest absolute Gasteiger partial charge is 0.506 e. The fraction of sp³-hybridized carbons (Fsp3) is 0.158. The first kappa shape index (κ1) is 8.06. The molecule has 128 valence electrons. The molecule has 2 aromatic carbocycles. The van der Waals surface area contributed by atoms with E-state index in [4.69, 9.17) is 26.7 Å². The van der Waals surface area contributed by atoms with Crippen molar-refractivity contribution in [3.63, 3.8) is 0 Å². The third-order valence-electron chi connectivity index (χ3n) is 3.47. The van der Waals surface area contributed by atoms with Crippen molar-refractivity contribution in [3.05, 3.63) is 69.4 Å². The van der Waals surface area contributed by atoms with Crippen molar-refractivity contribution in [2.75, 3.05) is 11.4 Å². The van der Waals surface area contributed by atoms with E-state index in [1.54, 1.807) is 0 Å². The van der Waals surface area contributed by atoms with Crippen LogP contribution in [-0.4, -0.2) is 22.1 Å². The molecule has 6 heteroatoms. The lowest BCUT2D eigenvalue weighted by Crippen LogP contribution is -2.36. The Morgan fingerprint density at radius 3 is 2.84 bits per heavy atom. The molecule has 1 heterocycles. The van der Waals surface area contributed by atoms with Crippen molar-refractivity contribution in [3.8, 4) is 5.75 Å². The van der Waals surface area contributed by atoms with Crippen LogP contribution in [0, 0.1) is 0 Å². The Morgan fingerprint density at radius 2 is 2.16 bits per heavy atom. The molecule has 0 unspecified atom stereocenters. The third-order valence-corrected chi connectivity index (χ3v) is 3.75. The second-order valence-electron chi connectivity index (χ2n) is 4.86. The molecule has 0 atom stereocenters. The van der Waals surface area contributed by atoms with Gasteiger partial charge in [0.25, 0.3) is 11.5 Å². The van der Waals surface area contributed by atoms with Crippen molar-refractivity contribution in [1.29, 1.82) is 0 Å². The number of hydrogen-bond acceptors (Lipinski definition) is 3. The number of aryl methyl sites for hydroxylation is 1. The van der Waals surface area contributed by atoms with Crippen LogP contribution in [0.2, 0.25) is 5.02 Å². The summed E-state index contributed by atoms with van der Waals surface area (Å²) < 4.78 is 86.3. The van der Waals surface area contributed by atoms with E-state index < -0.39 is 77.2 Å². The van der Waals surface area contributed by atoms with Crippen LogP contribution in [0.25, 0.3) is 10.9 Å². The molecule has 0 fully saturated rings. The van der Waals surface area contributed by atoms with Crippen LogP contribution in [-0.2, 0) is 6.98 Å². The van der Waals surface area contributed by atoms with Crippen LogP contribution < -0.4 is 10.5 Å². The summed E-state index contributed by atoms with van der Waals surface area (Å²) >= 11 is 6.08. The predicted molar refractivity (Wildman–Crippen MR) is 99.7 cm³/mol. The number of anilines is 1. The summed E-state index contributed by atoms with van der Waals surface area (Å²) in [7, 11) is 0. The number of rotatable bonds is 3. The minimum absolute atomic E-state index is 0.0466. The zero-order valence-corrected chi connectivity index (χ0v) is 13.2. The Hall–Kier alpha value is -2.79. The van der Waals surface area contributed by atoms with E-state index >= 15 is 0 Å². The van der Waals surface area contributed by atoms with Gasteiger partial charge in [-0.3, -0.25) is 9.59 Å². The van der Waals surface area contributed by atoms with Gasteiger partial charge in [-0.05, 0) is 31.1 Å². The molecule has 3 rings (SSSR count). The number of benzene rings is 2. The molecule has 1 N–H and O–H groups in total. The zero-order valence-electron chi connectivity index (χ0n) is 23.4. The monoisotopic (exact) mass is 367 g/mol. The fourth-order valence-corrected chi connectivity index (χ4v) is 2.54. The zero-order chi connectivity index (χ0) is 27.5. The molecule has 0 saturated heterocycles. The molecule has 0 bridgehead atoms. The van der Waals surface area contributed by atoms with Gasteiger partial charge < -0.3 is 14.6 Å². The molecule has 5 nitrogen and oxygen atoms in total. The molecule has 0 saturated carbocycles. The van der Waals surface area contributed by atoms with E-state index in [0.29, 0.717) is 0 Å². The highest BCUT2D eigenvalue weighted by Gasteiger charge is 2.26. The Bertz CT molecular complexity index is 1430. The first-order valence-corrected chi connectivity index (χ1v) is 7.20. The van der Waals surface area contributed by atoms with E-state index in [1.165, 1.54) is 18.2 Å². The first-order valence-electron chi connectivity index (χ1n) is 12.3. The van der Waals surface area contributed by atoms with Gasteiger partial charge in [0.2, 0.25) is 0 Å². The Balaban J connectivity index is 2.56. The summed E-state index contributed by atoms with van der Waals surface area (Å²) in [5, 5.41) is 9.42. The molecule has 0 aliphatic rings. The molecule has 3 aromatic rings. The van der Waals surface area contributed by atoms with Crippen LogP contribution in [0.3, 0.4) is 0 Å². The van der Waals surface area contributed by atoms with Gasteiger partial charge in [0.1, 0.15) is 11.3 Å². The Labute approximate surface area is 165 Å². The van der Waals surface area contributed by atoms with Crippen LogP contribution in [0.4, 0.5) is 5.69 Å². The minimum atomic E-state index is -3.46. The lowest BCUT2D eigenvalue weighted by Gasteiger charge is -2.22. The lowest BCUT2D eigenvalue weighted by atomic mass is 10.1. The predicted octanol–water partition coefficient (Wildman–Crippen LogP) is 3.56. The SMILES string of the molecule is [2H]c1c([2H])c([2H])c2c(c(O)c(C(=O)N(c3ccccc3)C([2H])([2H])C([2H])([2H])[2H])c(=O)n2C([2H])([2H])[2H])c1Cl.